The second-order valence-electron chi connectivity index (χ2n) is 6.93. The van der Waals surface area contributed by atoms with E-state index in [1.165, 1.54) is 0 Å². The first-order valence-corrected chi connectivity index (χ1v) is 9.22. The first-order chi connectivity index (χ1) is 13.6. The molecule has 0 spiro atoms. The molecule has 142 valence electrons. The highest BCUT2D eigenvalue weighted by Gasteiger charge is 2.42. The summed E-state index contributed by atoms with van der Waals surface area (Å²) in [5, 5.41) is 0. The van der Waals surface area contributed by atoms with Gasteiger partial charge in [0.15, 0.2) is 0 Å². The van der Waals surface area contributed by atoms with Crippen molar-refractivity contribution in [2.45, 2.75) is 19.3 Å². The Bertz CT molecular complexity index is 974. The third-order valence-corrected chi connectivity index (χ3v) is 5.03. The van der Waals surface area contributed by atoms with Gasteiger partial charge in [0.25, 0.3) is 0 Å². The minimum absolute atomic E-state index is 0.0420. The van der Waals surface area contributed by atoms with Crippen molar-refractivity contribution in [2.24, 2.45) is 0 Å². The summed E-state index contributed by atoms with van der Waals surface area (Å²) in [5.41, 5.74) is 3.93. The summed E-state index contributed by atoms with van der Waals surface area (Å²) >= 11 is 0. The lowest BCUT2D eigenvalue weighted by Crippen LogP contribution is -2.37. The van der Waals surface area contributed by atoms with Gasteiger partial charge in [-0.25, -0.2) is 4.79 Å². The highest BCUT2D eigenvalue weighted by atomic mass is 16.5. The number of hydrogen-bond acceptors (Lipinski definition) is 4. The fourth-order valence-electron chi connectivity index (χ4n) is 3.76. The number of esters is 1. The molecule has 0 saturated carbocycles. The average molecular weight is 375 g/mol. The van der Waals surface area contributed by atoms with Crippen molar-refractivity contribution in [1.29, 1.82) is 0 Å². The van der Waals surface area contributed by atoms with E-state index >= 15 is 0 Å². The SMILES string of the molecule is C=CCOc1ccc(C2CC(=O)N(c3cccc(C)c3)C3=C2C(=O)OC3)cc1. The molecule has 1 unspecified atom stereocenters. The summed E-state index contributed by atoms with van der Waals surface area (Å²) in [6.07, 6.45) is 1.90. The lowest BCUT2D eigenvalue weighted by atomic mass is 9.84. The smallest absolute Gasteiger partial charge is 0.336 e. The Morgan fingerprint density at radius 1 is 1.21 bits per heavy atom. The Kier molecular flexibility index (Phi) is 4.74. The van der Waals surface area contributed by atoms with Crippen molar-refractivity contribution in [2.75, 3.05) is 18.1 Å². The predicted octanol–water partition coefficient (Wildman–Crippen LogP) is 3.89. The van der Waals surface area contributed by atoms with E-state index in [9.17, 15) is 9.59 Å². The van der Waals surface area contributed by atoms with E-state index in [2.05, 4.69) is 6.58 Å². The van der Waals surface area contributed by atoms with E-state index in [0.717, 1.165) is 22.6 Å². The molecule has 2 aromatic carbocycles. The quantitative estimate of drug-likeness (QED) is 0.588. The van der Waals surface area contributed by atoms with E-state index in [1.54, 1.807) is 11.0 Å². The molecule has 5 nitrogen and oxygen atoms in total. The van der Waals surface area contributed by atoms with Crippen LogP contribution in [0, 0.1) is 6.92 Å². The van der Waals surface area contributed by atoms with E-state index in [4.69, 9.17) is 9.47 Å². The number of hydrogen-bond donors (Lipinski definition) is 0. The lowest BCUT2D eigenvalue weighted by molar-refractivity contribution is -0.136. The molecule has 2 aliphatic rings. The minimum Gasteiger partial charge on any atom is -0.490 e. The number of amides is 1. The van der Waals surface area contributed by atoms with E-state index in [1.807, 2.05) is 55.5 Å². The van der Waals surface area contributed by atoms with Crippen molar-refractivity contribution >= 4 is 17.6 Å². The molecule has 2 aliphatic heterocycles. The van der Waals surface area contributed by atoms with Gasteiger partial charge in [0.05, 0.1) is 11.3 Å². The summed E-state index contributed by atoms with van der Waals surface area (Å²) < 4.78 is 10.8. The second-order valence-corrected chi connectivity index (χ2v) is 6.93. The van der Waals surface area contributed by atoms with Crippen molar-refractivity contribution in [3.63, 3.8) is 0 Å². The van der Waals surface area contributed by atoms with E-state index in [-0.39, 0.29) is 30.8 Å². The summed E-state index contributed by atoms with van der Waals surface area (Å²) in [6.45, 7) is 6.15. The number of benzene rings is 2. The summed E-state index contributed by atoms with van der Waals surface area (Å²) in [5.74, 6) is 0.0131. The fraction of sp³-hybridized carbons (Fsp3) is 0.217. The van der Waals surface area contributed by atoms with Crippen LogP contribution in [0.3, 0.4) is 0 Å². The van der Waals surface area contributed by atoms with Gasteiger partial charge in [0.2, 0.25) is 5.91 Å². The van der Waals surface area contributed by atoms with Crippen molar-refractivity contribution < 1.29 is 19.1 Å². The number of ether oxygens (including phenoxy) is 2. The maximum absolute atomic E-state index is 13.0. The standard InChI is InChI=1S/C23H21NO4/c1-3-11-27-18-9-7-16(8-10-18)19-13-21(25)24(17-6-4-5-15(2)12-17)20-14-28-23(26)22(19)20/h3-10,12,19H,1,11,13-14H2,2H3. The number of anilines is 1. The van der Waals surface area contributed by atoms with Crippen LogP contribution >= 0.6 is 0 Å². The van der Waals surface area contributed by atoms with Gasteiger partial charge in [0, 0.05) is 18.0 Å². The molecule has 0 fully saturated rings. The molecule has 2 aromatic rings. The van der Waals surface area contributed by atoms with Crippen molar-refractivity contribution in [3.05, 3.63) is 83.6 Å². The number of rotatable bonds is 5. The number of nitrogens with zero attached hydrogens (tertiary/aromatic N) is 1. The molecular weight excluding hydrogens is 354 g/mol. The van der Waals surface area contributed by atoms with Gasteiger partial charge in [-0.2, -0.15) is 0 Å². The van der Waals surface area contributed by atoms with Crippen LogP contribution in [0.4, 0.5) is 5.69 Å². The van der Waals surface area contributed by atoms with Gasteiger partial charge >= 0.3 is 5.97 Å². The van der Waals surface area contributed by atoms with E-state index in [0.29, 0.717) is 17.9 Å². The van der Waals surface area contributed by atoms with Crippen LogP contribution in [-0.4, -0.2) is 25.1 Å². The Hall–Kier alpha value is -3.34. The van der Waals surface area contributed by atoms with Crippen LogP contribution in [0.15, 0.2) is 72.5 Å². The predicted molar refractivity (Wildman–Crippen MR) is 106 cm³/mol. The first-order valence-electron chi connectivity index (χ1n) is 9.22. The molecule has 5 heteroatoms. The van der Waals surface area contributed by atoms with Gasteiger partial charge in [-0.1, -0.05) is 36.9 Å². The number of aryl methyl sites for hydroxylation is 1. The summed E-state index contributed by atoms with van der Waals surface area (Å²) in [4.78, 5) is 27.2. The van der Waals surface area contributed by atoms with Crippen LogP contribution in [0.1, 0.15) is 23.5 Å². The van der Waals surface area contributed by atoms with Gasteiger partial charge in [-0.3, -0.25) is 9.69 Å². The van der Waals surface area contributed by atoms with Gasteiger partial charge in [0.1, 0.15) is 19.0 Å². The zero-order valence-corrected chi connectivity index (χ0v) is 15.7. The molecule has 0 bridgehead atoms. The summed E-state index contributed by atoms with van der Waals surface area (Å²) in [6, 6.07) is 15.2. The number of cyclic esters (lactones) is 1. The molecule has 4 rings (SSSR count). The van der Waals surface area contributed by atoms with Crippen LogP contribution in [0.2, 0.25) is 0 Å². The fourth-order valence-corrected chi connectivity index (χ4v) is 3.76. The minimum atomic E-state index is -0.350. The number of carbonyl (C=O) groups is 2. The molecular formula is C23H21NO4. The third-order valence-electron chi connectivity index (χ3n) is 5.03. The van der Waals surface area contributed by atoms with Gasteiger partial charge in [-0.05, 0) is 42.3 Å². The zero-order valence-electron chi connectivity index (χ0n) is 15.7. The normalized spacial score (nSPS) is 18.8. The highest BCUT2D eigenvalue weighted by Crippen LogP contribution is 2.42. The van der Waals surface area contributed by atoms with Gasteiger partial charge in [-0.15, -0.1) is 0 Å². The van der Waals surface area contributed by atoms with Gasteiger partial charge < -0.3 is 9.47 Å². The van der Waals surface area contributed by atoms with Crippen LogP contribution < -0.4 is 9.64 Å². The third kappa shape index (κ3) is 3.20. The van der Waals surface area contributed by atoms with E-state index < -0.39 is 0 Å². The highest BCUT2D eigenvalue weighted by molar-refractivity contribution is 6.06. The zero-order chi connectivity index (χ0) is 19.7. The van der Waals surface area contributed by atoms with Crippen LogP contribution in [-0.2, 0) is 14.3 Å². The Balaban J connectivity index is 1.72. The molecule has 0 radical (unpaired) electrons. The Morgan fingerprint density at radius 3 is 2.71 bits per heavy atom. The number of carbonyl (C=O) groups excluding carboxylic acids is 2. The molecule has 1 atom stereocenters. The molecule has 28 heavy (non-hydrogen) atoms. The van der Waals surface area contributed by atoms with Crippen LogP contribution in [0.25, 0.3) is 0 Å². The monoisotopic (exact) mass is 375 g/mol. The summed E-state index contributed by atoms with van der Waals surface area (Å²) in [7, 11) is 0. The maximum atomic E-state index is 13.0. The molecule has 0 saturated heterocycles. The Labute approximate surface area is 163 Å². The average Bonchev–Trinajstić information content (AvgIpc) is 3.07. The topological polar surface area (TPSA) is 55.8 Å². The molecule has 1 amide bonds. The van der Waals surface area contributed by atoms with Crippen molar-refractivity contribution in [3.8, 4) is 5.75 Å². The molecule has 0 N–H and O–H groups in total. The maximum Gasteiger partial charge on any atom is 0.336 e. The molecule has 0 aromatic heterocycles. The molecule has 2 heterocycles. The lowest BCUT2D eigenvalue weighted by Gasteiger charge is -2.32. The largest absolute Gasteiger partial charge is 0.490 e. The second kappa shape index (κ2) is 7.35. The van der Waals surface area contributed by atoms with Crippen LogP contribution in [0.5, 0.6) is 5.75 Å². The molecule has 0 aliphatic carbocycles. The first kappa shape index (κ1) is 18.0. The van der Waals surface area contributed by atoms with Crippen molar-refractivity contribution in [1.82, 2.24) is 0 Å². The Morgan fingerprint density at radius 2 is 2.00 bits per heavy atom.